The molecule has 5 heteroatoms. The van der Waals surface area contributed by atoms with E-state index < -0.39 is 17.4 Å². The lowest BCUT2D eigenvalue weighted by atomic mass is 9.79. The molecule has 2 aliphatic rings. The van der Waals surface area contributed by atoms with E-state index in [1.807, 2.05) is 6.92 Å². The Hall–Kier alpha value is -2.17. The zero-order valence-corrected chi connectivity index (χ0v) is 12.0. The largest absolute Gasteiger partial charge is 0.368 e. The zero-order valence-electron chi connectivity index (χ0n) is 12.0. The molecular formula is C16H18N2O3. The summed E-state index contributed by atoms with van der Waals surface area (Å²) in [6.45, 7) is 1.87. The highest BCUT2D eigenvalue weighted by Crippen LogP contribution is 2.39. The number of aryl methyl sites for hydroxylation is 1. The molecule has 1 fully saturated rings. The second kappa shape index (κ2) is 4.69. The Morgan fingerprint density at radius 1 is 1.10 bits per heavy atom. The minimum atomic E-state index is -1.15. The van der Waals surface area contributed by atoms with Gasteiger partial charge in [-0.1, -0.05) is 30.9 Å². The van der Waals surface area contributed by atoms with Crippen molar-refractivity contribution in [2.45, 2.75) is 44.6 Å². The van der Waals surface area contributed by atoms with Gasteiger partial charge in [0, 0.05) is 0 Å². The van der Waals surface area contributed by atoms with Gasteiger partial charge < -0.3 is 5.73 Å². The summed E-state index contributed by atoms with van der Waals surface area (Å²) in [6, 6.07) is 5.15. The standard InChI is InChI=1S/C16H18N2O3/c1-10-5-6-11-12(9-10)14(20)18(13(11)19)16(15(17)21)7-3-2-4-8-16/h5-6,9H,2-4,7-8H2,1H3,(H2,17,21). The molecule has 1 aromatic carbocycles. The number of primary amides is 1. The van der Waals surface area contributed by atoms with Gasteiger partial charge >= 0.3 is 0 Å². The molecule has 0 saturated heterocycles. The maximum absolute atomic E-state index is 12.7. The van der Waals surface area contributed by atoms with Gasteiger partial charge in [-0.05, 0) is 31.9 Å². The van der Waals surface area contributed by atoms with Crippen molar-refractivity contribution in [1.29, 1.82) is 0 Å². The second-order valence-electron chi connectivity index (χ2n) is 5.95. The van der Waals surface area contributed by atoms with Crippen LogP contribution >= 0.6 is 0 Å². The molecule has 0 radical (unpaired) electrons. The van der Waals surface area contributed by atoms with E-state index in [0.717, 1.165) is 29.7 Å². The van der Waals surface area contributed by atoms with Crippen LogP contribution in [0.15, 0.2) is 18.2 Å². The van der Waals surface area contributed by atoms with Crippen molar-refractivity contribution < 1.29 is 14.4 Å². The van der Waals surface area contributed by atoms with Crippen LogP contribution in [0.4, 0.5) is 0 Å². The first-order chi connectivity index (χ1) is 9.97. The fourth-order valence-electron chi connectivity index (χ4n) is 3.46. The topological polar surface area (TPSA) is 80.5 Å². The van der Waals surface area contributed by atoms with E-state index in [4.69, 9.17) is 5.73 Å². The van der Waals surface area contributed by atoms with Crippen LogP contribution in [0.1, 0.15) is 58.4 Å². The summed E-state index contributed by atoms with van der Waals surface area (Å²) in [7, 11) is 0. The Morgan fingerprint density at radius 2 is 1.71 bits per heavy atom. The number of fused-ring (bicyclic) bond motifs is 1. The fourth-order valence-corrected chi connectivity index (χ4v) is 3.46. The number of hydrogen-bond acceptors (Lipinski definition) is 3. The summed E-state index contributed by atoms with van der Waals surface area (Å²) in [5, 5.41) is 0. The van der Waals surface area contributed by atoms with Crippen LogP contribution in [0.5, 0.6) is 0 Å². The van der Waals surface area contributed by atoms with Gasteiger partial charge in [-0.15, -0.1) is 0 Å². The van der Waals surface area contributed by atoms with Crippen LogP contribution in [0, 0.1) is 6.92 Å². The van der Waals surface area contributed by atoms with E-state index in [2.05, 4.69) is 0 Å². The van der Waals surface area contributed by atoms with Gasteiger partial charge in [-0.3, -0.25) is 19.3 Å². The number of amides is 3. The number of carbonyl (C=O) groups excluding carboxylic acids is 3. The molecule has 1 saturated carbocycles. The fraction of sp³-hybridized carbons (Fsp3) is 0.438. The normalized spacial score (nSPS) is 20.5. The Labute approximate surface area is 123 Å². The summed E-state index contributed by atoms with van der Waals surface area (Å²) < 4.78 is 0. The number of rotatable bonds is 2. The summed E-state index contributed by atoms with van der Waals surface area (Å²) in [4.78, 5) is 38.5. The van der Waals surface area contributed by atoms with Gasteiger partial charge in [-0.2, -0.15) is 0 Å². The van der Waals surface area contributed by atoms with Crippen molar-refractivity contribution in [2.24, 2.45) is 5.73 Å². The lowest BCUT2D eigenvalue weighted by Gasteiger charge is -2.40. The van der Waals surface area contributed by atoms with E-state index in [1.165, 1.54) is 0 Å². The zero-order chi connectivity index (χ0) is 15.2. The smallest absolute Gasteiger partial charge is 0.262 e. The summed E-state index contributed by atoms with van der Waals surface area (Å²) in [6.07, 6.45) is 3.53. The van der Waals surface area contributed by atoms with Crippen LogP contribution < -0.4 is 5.73 Å². The minimum Gasteiger partial charge on any atom is -0.368 e. The summed E-state index contributed by atoms with van der Waals surface area (Å²) in [5.74, 6) is -1.36. The maximum atomic E-state index is 12.7. The Bertz CT molecular complexity index is 645. The van der Waals surface area contributed by atoms with Gasteiger partial charge in [0.2, 0.25) is 5.91 Å². The first-order valence-corrected chi connectivity index (χ1v) is 7.27. The van der Waals surface area contributed by atoms with E-state index >= 15 is 0 Å². The lowest BCUT2D eigenvalue weighted by Crippen LogP contribution is -2.60. The monoisotopic (exact) mass is 286 g/mol. The molecule has 1 aliphatic carbocycles. The molecule has 1 aromatic rings. The predicted octanol–water partition coefficient (Wildman–Crippen LogP) is 1.78. The quantitative estimate of drug-likeness (QED) is 0.841. The molecule has 0 bridgehead atoms. The SMILES string of the molecule is Cc1ccc2c(c1)C(=O)N(C1(C(N)=O)CCCCC1)C2=O. The van der Waals surface area contributed by atoms with Gasteiger partial charge in [-0.25, -0.2) is 0 Å². The molecule has 2 N–H and O–H groups in total. The average molecular weight is 286 g/mol. The molecule has 0 aromatic heterocycles. The van der Waals surface area contributed by atoms with E-state index in [1.54, 1.807) is 18.2 Å². The Morgan fingerprint density at radius 3 is 2.33 bits per heavy atom. The molecule has 1 aliphatic heterocycles. The van der Waals surface area contributed by atoms with Crippen molar-refractivity contribution in [3.8, 4) is 0 Å². The summed E-state index contributed by atoms with van der Waals surface area (Å²) >= 11 is 0. The van der Waals surface area contributed by atoms with E-state index in [0.29, 0.717) is 24.0 Å². The third-order valence-corrected chi connectivity index (χ3v) is 4.61. The first kappa shape index (κ1) is 13.8. The van der Waals surface area contributed by atoms with Crippen LogP contribution in [-0.2, 0) is 4.79 Å². The number of hydrogen-bond donors (Lipinski definition) is 1. The van der Waals surface area contributed by atoms with Crippen molar-refractivity contribution in [3.05, 3.63) is 34.9 Å². The van der Waals surface area contributed by atoms with Gasteiger partial charge in [0.15, 0.2) is 0 Å². The lowest BCUT2D eigenvalue weighted by molar-refractivity contribution is -0.129. The predicted molar refractivity (Wildman–Crippen MR) is 76.7 cm³/mol. The van der Waals surface area contributed by atoms with Crippen LogP contribution in [0.3, 0.4) is 0 Å². The molecule has 5 nitrogen and oxygen atoms in total. The van der Waals surface area contributed by atoms with Crippen molar-refractivity contribution in [1.82, 2.24) is 4.90 Å². The Kier molecular flexibility index (Phi) is 3.08. The third-order valence-electron chi connectivity index (χ3n) is 4.61. The molecule has 0 spiro atoms. The number of benzene rings is 1. The molecular weight excluding hydrogens is 268 g/mol. The highest BCUT2D eigenvalue weighted by molar-refractivity contribution is 6.23. The first-order valence-electron chi connectivity index (χ1n) is 7.27. The number of imide groups is 1. The van der Waals surface area contributed by atoms with Gasteiger partial charge in [0.05, 0.1) is 11.1 Å². The molecule has 1 heterocycles. The molecule has 110 valence electrons. The Balaban J connectivity index is 2.09. The molecule has 3 amide bonds. The highest BCUT2D eigenvalue weighted by Gasteiger charge is 2.52. The highest BCUT2D eigenvalue weighted by atomic mass is 16.2. The number of nitrogens with zero attached hydrogens (tertiary/aromatic N) is 1. The summed E-state index contributed by atoms with van der Waals surface area (Å²) in [5.41, 5.74) is 6.10. The molecule has 0 atom stereocenters. The average Bonchev–Trinajstić information content (AvgIpc) is 2.71. The maximum Gasteiger partial charge on any atom is 0.262 e. The molecule has 0 unspecified atom stereocenters. The van der Waals surface area contributed by atoms with Crippen molar-refractivity contribution >= 4 is 17.7 Å². The minimum absolute atomic E-state index is 0.372. The third kappa shape index (κ3) is 1.87. The number of carbonyl (C=O) groups is 3. The van der Waals surface area contributed by atoms with Crippen molar-refractivity contribution in [3.63, 3.8) is 0 Å². The van der Waals surface area contributed by atoms with Crippen LogP contribution in [0.25, 0.3) is 0 Å². The van der Waals surface area contributed by atoms with E-state index in [-0.39, 0.29) is 5.91 Å². The van der Waals surface area contributed by atoms with Crippen LogP contribution in [-0.4, -0.2) is 28.2 Å². The van der Waals surface area contributed by atoms with E-state index in [9.17, 15) is 14.4 Å². The number of nitrogens with two attached hydrogens (primary N) is 1. The van der Waals surface area contributed by atoms with Crippen LogP contribution in [0.2, 0.25) is 0 Å². The van der Waals surface area contributed by atoms with Gasteiger partial charge in [0.1, 0.15) is 5.54 Å². The molecule has 21 heavy (non-hydrogen) atoms. The second-order valence-corrected chi connectivity index (χ2v) is 5.95. The van der Waals surface area contributed by atoms with Gasteiger partial charge in [0.25, 0.3) is 11.8 Å². The van der Waals surface area contributed by atoms with Crippen molar-refractivity contribution in [2.75, 3.05) is 0 Å². The molecule has 3 rings (SSSR count).